The van der Waals surface area contributed by atoms with Gasteiger partial charge in [0.25, 0.3) is 0 Å². The number of hydrogen-bond donors (Lipinski definition) is 2. The standard InChI is InChI=1S/C22H36O5/c1-2-3-4-5-8-11-17(23)14-15-19-18(20(24)16-21(19)25)12-9-6-7-10-13-22(26)27/h14-15,18-19,21,25H,2-13,16H2,1H3,(H,26,27)/t18-,19+,21-/m1/s1. The Kier molecular flexibility index (Phi) is 11.9. The molecule has 1 saturated carbocycles. The van der Waals surface area contributed by atoms with E-state index in [4.69, 9.17) is 5.11 Å². The number of allylic oxidation sites excluding steroid dienone is 1. The van der Waals surface area contributed by atoms with Gasteiger partial charge in [-0.25, -0.2) is 0 Å². The van der Waals surface area contributed by atoms with Crippen molar-refractivity contribution in [3.63, 3.8) is 0 Å². The molecule has 0 unspecified atom stereocenters. The summed E-state index contributed by atoms with van der Waals surface area (Å²) in [5, 5.41) is 18.8. The monoisotopic (exact) mass is 380 g/mol. The molecule has 0 aliphatic heterocycles. The topological polar surface area (TPSA) is 91.7 Å². The van der Waals surface area contributed by atoms with Gasteiger partial charge in [0.2, 0.25) is 0 Å². The van der Waals surface area contributed by atoms with Gasteiger partial charge in [-0.15, -0.1) is 0 Å². The quantitative estimate of drug-likeness (QED) is 0.323. The molecule has 0 amide bonds. The Balaban J connectivity index is 2.36. The lowest BCUT2D eigenvalue weighted by molar-refractivity contribution is -0.137. The summed E-state index contributed by atoms with van der Waals surface area (Å²) >= 11 is 0. The van der Waals surface area contributed by atoms with Crippen molar-refractivity contribution in [3.8, 4) is 0 Å². The van der Waals surface area contributed by atoms with Crippen molar-refractivity contribution in [2.24, 2.45) is 11.8 Å². The van der Waals surface area contributed by atoms with Crippen molar-refractivity contribution in [1.29, 1.82) is 0 Å². The van der Waals surface area contributed by atoms with Gasteiger partial charge in [0.1, 0.15) is 5.78 Å². The molecule has 1 fully saturated rings. The van der Waals surface area contributed by atoms with E-state index in [1.807, 2.05) is 0 Å². The fourth-order valence-corrected chi connectivity index (χ4v) is 3.79. The van der Waals surface area contributed by atoms with E-state index in [-0.39, 0.29) is 36.2 Å². The third-order valence-corrected chi connectivity index (χ3v) is 5.42. The van der Waals surface area contributed by atoms with Crippen LogP contribution in [0.2, 0.25) is 0 Å². The summed E-state index contributed by atoms with van der Waals surface area (Å²) in [7, 11) is 0. The molecule has 0 spiro atoms. The minimum Gasteiger partial charge on any atom is -0.481 e. The van der Waals surface area contributed by atoms with Crippen molar-refractivity contribution >= 4 is 17.5 Å². The molecule has 0 radical (unpaired) electrons. The number of aliphatic hydroxyl groups excluding tert-OH is 1. The maximum Gasteiger partial charge on any atom is 0.303 e. The van der Waals surface area contributed by atoms with Crippen LogP contribution in [0.15, 0.2) is 12.2 Å². The van der Waals surface area contributed by atoms with Crippen LogP contribution >= 0.6 is 0 Å². The van der Waals surface area contributed by atoms with Crippen molar-refractivity contribution < 1.29 is 24.6 Å². The molecule has 0 aromatic heterocycles. The highest BCUT2D eigenvalue weighted by Crippen LogP contribution is 2.34. The van der Waals surface area contributed by atoms with Crippen LogP contribution < -0.4 is 0 Å². The maximum atomic E-state index is 12.2. The third kappa shape index (κ3) is 9.85. The molecule has 2 N–H and O–H groups in total. The molecule has 0 bridgehead atoms. The Labute approximate surface area is 163 Å². The number of aliphatic carboxylic acids is 1. The molecule has 0 aromatic rings. The van der Waals surface area contributed by atoms with E-state index in [0.29, 0.717) is 19.3 Å². The fourth-order valence-electron chi connectivity index (χ4n) is 3.79. The molecular weight excluding hydrogens is 344 g/mol. The van der Waals surface area contributed by atoms with Gasteiger partial charge >= 0.3 is 5.97 Å². The van der Waals surface area contributed by atoms with Gasteiger partial charge in [0.05, 0.1) is 6.10 Å². The Morgan fingerprint density at radius 3 is 2.30 bits per heavy atom. The highest BCUT2D eigenvalue weighted by atomic mass is 16.4. The second kappa shape index (κ2) is 13.6. The molecule has 0 aromatic carbocycles. The molecule has 5 heteroatoms. The van der Waals surface area contributed by atoms with Crippen molar-refractivity contribution in [1.82, 2.24) is 0 Å². The predicted molar refractivity (Wildman–Crippen MR) is 105 cm³/mol. The second-order valence-electron chi connectivity index (χ2n) is 7.76. The summed E-state index contributed by atoms with van der Waals surface area (Å²) in [6.07, 6.45) is 13.0. The Hall–Kier alpha value is -1.49. The van der Waals surface area contributed by atoms with E-state index in [1.165, 1.54) is 12.8 Å². The highest BCUT2D eigenvalue weighted by Gasteiger charge is 2.39. The minimum atomic E-state index is -0.774. The lowest BCUT2D eigenvalue weighted by Crippen LogP contribution is -2.19. The van der Waals surface area contributed by atoms with Gasteiger partial charge < -0.3 is 10.2 Å². The van der Waals surface area contributed by atoms with Crippen LogP contribution in [0.4, 0.5) is 0 Å². The van der Waals surface area contributed by atoms with Crippen LogP contribution in [-0.2, 0) is 14.4 Å². The summed E-state index contributed by atoms with van der Waals surface area (Å²) in [5.41, 5.74) is 0. The normalized spacial score (nSPS) is 22.6. The van der Waals surface area contributed by atoms with E-state index in [2.05, 4.69) is 6.92 Å². The zero-order valence-electron chi connectivity index (χ0n) is 16.7. The van der Waals surface area contributed by atoms with E-state index < -0.39 is 12.1 Å². The summed E-state index contributed by atoms with van der Waals surface area (Å²) < 4.78 is 0. The van der Waals surface area contributed by atoms with Gasteiger partial charge in [-0.05, 0) is 25.3 Å². The van der Waals surface area contributed by atoms with Crippen molar-refractivity contribution in [2.75, 3.05) is 0 Å². The average molecular weight is 381 g/mol. The van der Waals surface area contributed by atoms with Crippen LogP contribution in [0.25, 0.3) is 0 Å². The number of unbranched alkanes of at least 4 members (excludes halogenated alkanes) is 7. The lowest BCUT2D eigenvalue weighted by atomic mass is 9.88. The Bertz CT molecular complexity index is 497. The first kappa shape index (κ1) is 23.5. The fraction of sp³-hybridized carbons (Fsp3) is 0.773. The van der Waals surface area contributed by atoms with Crippen molar-refractivity contribution in [2.45, 2.75) is 96.5 Å². The van der Waals surface area contributed by atoms with E-state index >= 15 is 0 Å². The molecule has 0 heterocycles. The third-order valence-electron chi connectivity index (χ3n) is 5.42. The first-order chi connectivity index (χ1) is 13.0. The largest absolute Gasteiger partial charge is 0.481 e. The molecular formula is C22H36O5. The molecule has 1 aliphatic carbocycles. The van der Waals surface area contributed by atoms with E-state index in [1.54, 1.807) is 12.2 Å². The number of carboxylic acids is 1. The number of Topliss-reactive ketones (excluding diaryl/α,β-unsaturated/α-hetero) is 1. The zero-order valence-corrected chi connectivity index (χ0v) is 16.7. The van der Waals surface area contributed by atoms with Crippen LogP contribution in [0, 0.1) is 11.8 Å². The molecule has 3 atom stereocenters. The van der Waals surface area contributed by atoms with Crippen molar-refractivity contribution in [3.05, 3.63) is 12.2 Å². The Morgan fingerprint density at radius 1 is 1.00 bits per heavy atom. The summed E-state index contributed by atoms with van der Waals surface area (Å²) in [6, 6.07) is 0. The van der Waals surface area contributed by atoms with Crippen LogP contribution in [-0.4, -0.2) is 33.9 Å². The molecule has 1 aliphatic rings. The second-order valence-corrected chi connectivity index (χ2v) is 7.76. The predicted octanol–water partition coefficient (Wildman–Crippen LogP) is 4.46. The van der Waals surface area contributed by atoms with Gasteiger partial charge in [-0.3, -0.25) is 14.4 Å². The lowest BCUT2D eigenvalue weighted by Gasteiger charge is -2.17. The van der Waals surface area contributed by atoms with E-state index in [9.17, 15) is 19.5 Å². The average Bonchev–Trinajstić information content (AvgIpc) is 2.88. The zero-order chi connectivity index (χ0) is 20.1. The van der Waals surface area contributed by atoms with E-state index in [0.717, 1.165) is 38.5 Å². The van der Waals surface area contributed by atoms with Gasteiger partial charge in [0.15, 0.2) is 5.78 Å². The van der Waals surface area contributed by atoms with Crippen LogP contribution in [0.5, 0.6) is 0 Å². The minimum absolute atomic E-state index is 0.0745. The number of ketones is 2. The smallest absolute Gasteiger partial charge is 0.303 e. The number of carbonyl (C=O) groups excluding carboxylic acids is 2. The first-order valence-electron chi connectivity index (χ1n) is 10.6. The molecule has 154 valence electrons. The molecule has 5 nitrogen and oxygen atoms in total. The number of aliphatic hydroxyl groups is 1. The number of carboxylic acid groups (broad SMARTS) is 1. The summed E-state index contributed by atoms with van der Waals surface area (Å²) in [4.78, 5) is 34.7. The van der Waals surface area contributed by atoms with Crippen LogP contribution in [0.1, 0.15) is 90.4 Å². The first-order valence-corrected chi connectivity index (χ1v) is 10.6. The van der Waals surface area contributed by atoms with Gasteiger partial charge in [0, 0.05) is 31.1 Å². The SMILES string of the molecule is CCCCCCCC(=O)C=C[C@@H]1[C@H](O)CC(=O)[C@@H]1CCCCCCC(=O)O. The molecule has 27 heavy (non-hydrogen) atoms. The summed E-state index contributed by atoms with van der Waals surface area (Å²) in [6.45, 7) is 2.16. The number of carbonyl (C=O) groups is 3. The maximum absolute atomic E-state index is 12.2. The van der Waals surface area contributed by atoms with Gasteiger partial charge in [-0.1, -0.05) is 57.9 Å². The number of rotatable bonds is 15. The highest BCUT2D eigenvalue weighted by molar-refractivity contribution is 5.90. The molecule has 1 rings (SSSR count). The van der Waals surface area contributed by atoms with Crippen LogP contribution in [0.3, 0.4) is 0 Å². The summed E-state index contributed by atoms with van der Waals surface area (Å²) in [5.74, 6) is -1.10. The van der Waals surface area contributed by atoms with Gasteiger partial charge in [-0.2, -0.15) is 0 Å². The Morgan fingerprint density at radius 2 is 1.63 bits per heavy atom. The number of hydrogen-bond acceptors (Lipinski definition) is 4. The molecule has 0 saturated heterocycles.